The molecule has 0 bridgehead atoms. The van der Waals surface area contributed by atoms with E-state index in [9.17, 15) is 0 Å². The van der Waals surface area contributed by atoms with E-state index in [1.54, 1.807) is 0 Å². The second-order valence-electron chi connectivity index (χ2n) is 6.36. The fraction of sp³-hybridized carbons (Fsp3) is 0.500. The monoisotopic (exact) mass is 269 g/mol. The lowest BCUT2D eigenvalue weighted by molar-refractivity contribution is 0.303. The second-order valence-corrected chi connectivity index (χ2v) is 6.36. The Morgan fingerprint density at radius 3 is 2.60 bits per heavy atom. The minimum Gasteiger partial charge on any atom is -0.339 e. The van der Waals surface area contributed by atoms with Gasteiger partial charge in [0.1, 0.15) is 0 Å². The van der Waals surface area contributed by atoms with Gasteiger partial charge in [-0.2, -0.15) is 4.98 Å². The van der Waals surface area contributed by atoms with Crippen molar-refractivity contribution >= 4 is 0 Å². The van der Waals surface area contributed by atoms with E-state index in [0.717, 1.165) is 44.1 Å². The molecule has 1 aliphatic heterocycles. The first-order valence-electron chi connectivity index (χ1n) is 7.34. The molecule has 1 aromatic heterocycles. The predicted molar refractivity (Wildman–Crippen MR) is 75.6 cm³/mol. The van der Waals surface area contributed by atoms with Crippen molar-refractivity contribution in [2.75, 3.05) is 13.1 Å². The van der Waals surface area contributed by atoms with Gasteiger partial charge in [-0.15, -0.1) is 0 Å². The van der Waals surface area contributed by atoms with Crippen molar-refractivity contribution in [2.45, 2.75) is 37.0 Å². The summed E-state index contributed by atoms with van der Waals surface area (Å²) >= 11 is 0. The van der Waals surface area contributed by atoms with E-state index in [1.807, 2.05) is 6.07 Å². The van der Waals surface area contributed by atoms with Crippen LogP contribution in [0.25, 0.3) is 0 Å². The summed E-state index contributed by atoms with van der Waals surface area (Å²) in [7, 11) is 0. The molecule has 1 saturated carbocycles. The van der Waals surface area contributed by atoms with Crippen molar-refractivity contribution < 1.29 is 4.52 Å². The third kappa shape index (κ3) is 1.71. The van der Waals surface area contributed by atoms with Gasteiger partial charge in [0.15, 0.2) is 5.82 Å². The summed E-state index contributed by atoms with van der Waals surface area (Å²) < 4.78 is 5.60. The fourth-order valence-corrected chi connectivity index (χ4v) is 3.19. The van der Waals surface area contributed by atoms with Crippen LogP contribution < -0.4 is 5.32 Å². The molecule has 0 radical (unpaired) electrons. The molecule has 4 nitrogen and oxygen atoms in total. The zero-order valence-corrected chi connectivity index (χ0v) is 11.7. The van der Waals surface area contributed by atoms with Crippen molar-refractivity contribution in [3.63, 3.8) is 0 Å². The van der Waals surface area contributed by atoms with Crippen molar-refractivity contribution in [3.8, 4) is 0 Å². The Bertz CT molecular complexity index is 610. The molecule has 104 valence electrons. The third-order valence-corrected chi connectivity index (χ3v) is 4.82. The molecule has 2 fully saturated rings. The molecule has 2 aromatic rings. The molecule has 4 rings (SSSR count). The minimum atomic E-state index is -0.00197. The number of benzene rings is 1. The number of aromatic nitrogens is 2. The van der Waals surface area contributed by atoms with Gasteiger partial charge in [-0.1, -0.05) is 35.5 Å². The predicted octanol–water partition coefficient (Wildman–Crippen LogP) is 2.40. The number of hydrogen-bond acceptors (Lipinski definition) is 4. The van der Waals surface area contributed by atoms with Crippen LogP contribution in [-0.4, -0.2) is 23.2 Å². The number of rotatable bonds is 3. The van der Waals surface area contributed by atoms with Crippen LogP contribution in [0.2, 0.25) is 0 Å². The Morgan fingerprint density at radius 1 is 1.15 bits per heavy atom. The Hall–Kier alpha value is -1.68. The van der Waals surface area contributed by atoms with Crippen molar-refractivity contribution in [3.05, 3.63) is 47.6 Å². The Kier molecular flexibility index (Phi) is 2.51. The molecular formula is C16H19N3O. The number of nitrogens with one attached hydrogen (secondary N) is 1. The summed E-state index contributed by atoms with van der Waals surface area (Å²) in [6, 6.07) is 10.5. The van der Waals surface area contributed by atoms with Gasteiger partial charge in [0.2, 0.25) is 5.89 Å². The van der Waals surface area contributed by atoms with Crippen molar-refractivity contribution in [2.24, 2.45) is 0 Å². The maximum absolute atomic E-state index is 5.60. The summed E-state index contributed by atoms with van der Waals surface area (Å²) in [6.45, 7) is 4.15. The van der Waals surface area contributed by atoms with Gasteiger partial charge in [-0.3, -0.25) is 0 Å². The van der Waals surface area contributed by atoms with Crippen LogP contribution in [0.15, 0.2) is 34.9 Å². The number of nitrogens with zero attached hydrogens (tertiary/aromatic N) is 2. The van der Waals surface area contributed by atoms with Gasteiger partial charge >= 0.3 is 0 Å². The van der Waals surface area contributed by atoms with Gasteiger partial charge in [-0.25, -0.2) is 0 Å². The Labute approximate surface area is 118 Å². The molecule has 1 unspecified atom stereocenters. The van der Waals surface area contributed by atoms with Crippen LogP contribution in [0, 0.1) is 0 Å². The molecule has 0 spiro atoms. The maximum Gasteiger partial charge on any atom is 0.233 e. The first-order valence-corrected chi connectivity index (χ1v) is 7.34. The van der Waals surface area contributed by atoms with E-state index in [-0.39, 0.29) is 10.8 Å². The Morgan fingerprint density at radius 2 is 1.95 bits per heavy atom. The lowest BCUT2D eigenvalue weighted by Gasteiger charge is -2.16. The summed E-state index contributed by atoms with van der Waals surface area (Å²) in [4.78, 5) is 4.76. The highest BCUT2D eigenvalue weighted by atomic mass is 16.5. The lowest BCUT2D eigenvalue weighted by Crippen LogP contribution is -2.25. The standard InChI is InChI=1S/C16H19N3O/c1-15(9-10-17-11-15)14-18-13(19-20-14)16(7-8-16)12-5-3-2-4-6-12/h2-6,17H,7-11H2,1H3. The van der Waals surface area contributed by atoms with Crippen LogP contribution >= 0.6 is 0 Å². The molecule has 1 saturated heterocycles. The molecular weight excluding hydrogens is 250 g/mol. The van der Waals surface area contributed by atoms with E-state index >= 15 is 0 Å². The molecule has 4 heteroatoms. The van der Waals surface area contributed by atoms with Gasteiger partial charge in [0.05, 0.1) is 10.8 Å². The van der Waals surface area contributed by atoms with Crippen LogP contribution in [0.1, 0.15) is 43.5 Å². The summed E-state index contributed by atoms with van der Waals surface area (Å²) in [5, 5.41) is 7.68. The van der Waals surface area contributed by atoms with Crippen LogP contribution in [0.4, 0.5) is 0 Å². The summed E-state index contributed by atoms with van der Waals surface area (Å²) in [5.41, 5.74) is 1.31. The van der Waals surface area contributed by atoms with E-state index in [0.29, 0.717) is 0 Å². The van der Waals surface area contributed by atoms with E-state index in [1.165, 1.54) is 5.56 Å². The van der Waals surface area contributed by atoms with Crippen LogP contribution in [0.3, 0.4) is 0 Å². The largest absolute Gasteiger partial charge is 0.339 e. The molecule has 1 aromatic carbocycles. The Balaban J connectivity index is 1.69. The molecule has 1 aliphatic carbocycles. The molecule has 2 aliphatic rings. The van der Waals surface area contributed by atoms with Gasteiger partial charge in [0.25, 0.3) is 0 Å². The zero-order valence-electron chi connectivity index (χ0n) is 11.7. The molecule has 2 heterocycles. The van der Waals surface area contributed by atoms with E-state index < -0.39 is 0 Å². The van der Waals surface area contributed by atoms with E-state index in [4.69, 9.17) is 9.51 Å². The average molecular weight is 269 g/mol. The normalized spacial score (nSPS) is 27.6. The molecule has 1 N–H and O–H groups in total. The summed E-state index contributed by atoms with van der Waals surface area (Å²) in [5.74, 6) is 1.66. The van der Waals surface area contributed by atoms with Crippen LogP contribution in [0.5, 0.6) is 0 Å². The molecule has 0 amide bonds. The molecule has 1 atom stereocenters. The van der Waals surface area contributed by atoms with Crippen molar-refractivity contribution in [1.29, 1.82) is 0 Å². The quantitative estimate of drug-likeness (QED) is 0.929. The maximum atomic E-state index is 5.60. The van der Waals surface area contributed by atoms with Gasteiger partial charge < -0.3 is 9.84 Å². The summed E-state index contributed by atoms with van der Waals surface area (Å²) in [6.07, 6.45) is 3.29. The third-order valence-electron chi connectivity index (χ3n) is 4.82. The smallest absolute Gasteiger partial charge is 0.233 e. The fourth-order valence-electron chi connectivity index (χ4n) is 3.19. The first kappa shape index (κ1) is 12.1. The average Bonchev–Trinajstić information content (AvgIpc) is 2.92. The highest BCUT2D eigenvalue weighted by molar-refractivity contribution is 5.38. The van der Waals surface area contributed by atoms with E-state index in [2.05, 4.69) is 41.7 Å². The second kappa shape index (κ2) is 4.16. The SMILES string of the molecule is CC1(c2nc(C3(c4ccccc4)CC3)no2)CCNC1. The highest BCUT2D eigenvalue weighted by Crippen LogP contribution is 2.52. The van der Waals surface area contributed by atoms with Gasteiger partial charge in [-0.05, 0) is 38.3 Å². The topological polar surface area (TPSA) is 51.0 Å². The van der Waals surface area contributed by atoms with Crippen molar-refractivity contribution in [1.82, 2.24) is 15.5 Å². The highest BCUT2D eigenvalue weighted by Gasteiger charge is 2.50. The van der Waals surface area contributed by atoms with Crippen LogP contribution in [-0.2, 0) is 10.8 Å². The van der Waals surface area contributed by atoms with Gasteiger partial charge in [0, 0.05) is 6.54 Å². The molecule has 20 heavy (non-hydrogen) atoms. The minimum absolute atomic E-state index is 0.00197. The zero-order chi connectivity index (χ0) is 13.6. The lowest BCUT2D eigenvalue weighted by atomic mass is 9.89. The number of hydrogen-bond donors (Lipinski definition) is 1. The first-order chi connectivity index (χ1) is 9.73.